The summed E-state index contributed by atoms with van der Waals surface area (Å²) < 4.78 is 37.9. The van der Waals surface area contributed by atoms with E-state index >= 15 is 0 Å². The monoisotopic (exact) mass is 1600 g/mol. The molecule has 121 heavy (non-hydrogen) atoms. The van der Waals surface area contributed by atoms with Crippen LogP contribution in [0.15, 0.2) is 280 Å². The Morgan fingerprint density at radius 2 is 0.653 bits per heavy atom. The van der Waals surface area contributed by atoms with Crippen molar-refractivity contribution in [3.63, 3.8) is 0 Å². The van der Waals surface area contributed by atoms with Crippen LogP contribution in [0.5, 0.6) is 34.9 Å². The molecule has 0 amide bonds. The standard InChI is InChI=1S/C38H34N2O3.2C34H32N2O3/c1-3-5-12-24(4-2)23-42-35-22-31(39-38(40-35)29-17-10-11-18-32(29)41)30-21-34-37(28-16-9-8-15-27(28)30)36-26-14-7-6-13-25(26)19-20-33(36)43-34;1-3-5-10-22(4-2)21-38-32-20-28(35-34(36-32)26-13-8-9-14-29(26)37)24-15-17-27-31(19-24)39-30-18-16-23-11-6-7-12-25(23)33(27)30;1-3-5-10-22(4-2)21-38-33-20-29(35-34(36-33)26-13-8-9-14-30(26)37)25-15-16-31-27(18-25)28-17-23-11-6-7-12-24(23)19-32(28)39-31/h6-11,13-22,24,41H,3-5,12,23H2,1-2H3;2*6-9,11-20,22,37H,3-5,10,21H2,1-2H3. The van der Waals surface area contributed by atoms with Gasteiger partial charge in [0.2, 0.25) is 17.6 Å². The van der Waals surface area contributed by atoms with Crippen molar-refractivity contribution in [2.24, 2.45) is 17.8 Å². The van der Waals surface area contributed by atoms with Crippen LogP contribution in [0.3, 0.4) is 0 Å². The largest absolute Gasteiger partial charge is 0.507 e. The number of hydrogen-bond donors (Lipinski definition) is 3. The summed E-state index contributed by atoms with van der Waals surface area (Å²) in [6, 6.07) is 87.7. The number of aromatic hydroxyl groups is 3. The second kappa shape index (κ2) is 36.3. The molecule has 3 atom stereocenters. The molecule has 0 aliphatic rings. The third-order valence-electron chi connectivity index (χ3n) is 23.5. The molecular weight excluding hydrogens is 1500 g/mol. The number of phenolic OH excluding ortho intramolecular Hbond substituents is 3. The molecule has 0 aliphatic heterocycles. The Labute approximate surface area is 703 Å². The number of aromatic nitrogens is 6. The highest BCUT2D eigenvalue weighted by atomic mass is 16.5. The molecule has 3 N–H and O–H groups in total. The minimum Gasteiger partial charge on any atom is -0.507 e. The Morgan fingerprint density at radius 3 is 1.17 bits per heavy atom. The predicted octanol–water partition coefficient (Wildman–Crippen LogP) is 28.6. The molecule has 0 saturated heterocycles. The summed E-state index contributed by atoms with van der Waals surface area (Å²) in [5, 5.41) is 47.5. The summed E-state index contributed by atoms with van der Waals surface area (Å²) in [6.07, 6.45) is 13.6. The Hall–Kier alpha value is -13.7. The molecule has 3 unspecified atom stereocenters. The van der Waals surface area contributed by atoms with Gasteiger partial charge in [-0.1, -0.05) is 251 Å². The Bertz CT molecular complexity index is 6950. The van der Waals surface area contributed by atoms with Crippen molar-refractivity contribution in [1.29, 1.82) is 0 Å². The van der Waals surface area contributed by atoms with Crippen LogP contribution >= 0.6 is 0 Å². The number of nitrogens with zero attached hydrogens (tertiary/aromatic N) is 6. The number of rotatable bonds is 27. The van der Waals surface area contributed by atoms with E-state index in [9.17, 15) is 15.3 Å². The van der Waals surface area contributed by atoms with E-state index in [1.54, 1.807) is 36.4 Å². The molecule has 0 bridgehead atoms. The summed E-state index contributed by atoms with van der Waals surface area (Å²) in [5.41, 5.74) is 11.6. The fraction of sp³-hybridized carbons (Fsp3) is 0.226. The third kappa shape index (κ3) is 17.1. The van der Waals surface area contributed by atoms with Crippen molar-refractivity contribution in [3.05, 3.63) is 267 Å². The SMILES string of the molecule is CCCCC(CC)COc1cc(-c2cc3oc4ccc5ccccc5c4c3c3ccccc23)nc(-c2ccccc2O)n1.CCCCC(CC)COc1cc(-c2ccc3c(c2)oc2ccc4ccccc4c23)nc(-c2ccccc2O)n1.CCCCC(CC)COc1cc(-c2ccc3oc4cc5ccccc5cc4c3c2)nc(-c2ccccc2O)n1. The zero-order chi connectivity index (χ0) is 82.9. The van der Waals surface area contributed by atoms with Crippen LogP contribution < -0.4 is 14.2 Å². The number of para-hydroxylation sites is 3. The Morgan fingerprint density at radius 1 is 0.273 bits per heavy atom. The summed E-state index contributed by atoms with van der Waals surface area (Å²) >= 11 is 0. The van der Waals surface area contributed by atoms with Gasteiger partial charge in [-0.05, 0) is 177 Å². The summed E-state index contributed by atoms with van der Waals surface area (Å²) in [4.78, 5) is 28.9. The lowest BCUT2D eigenvalue weighted by Crippen LogP contribution is -2.12. The van der Waals surface area contributed by atoms with Crippen molar-refractivity contribution in [2.45, 2.75) is 119 Å². The van der Waals surface area contributed by atoms with E-state index in [-0.39, 0.29) is 17.2 Å². The van der Waals surface area contributed by atoms with Gasteiger partial charge in [0, 0.05) is 67.2 Å². The molecule has 0 spiro atoms. The molecule has 0 fully saturated rings. The highest BCUT2D eigenvalue weighted by Crippen LogP contribution is 2.45. The van der Waals surface area contributed by atoms with Crippen LogP contribution in [0, 0.1) is 17.8 Å². The molecule has 606 valence electrons. The maximum atomic E-state index is 10.7. The van der Waals surface area contributed by atoms with E-state index in [4.69, 9.17) is 57.4 Å². The molecule has 6 aromatic heterocycles. The van der Waals surface area contributed by atoms with E-state index in [0.717, 1.165) is 143 Å². The first-order valence-electron chi connectivity index (χ1n) is 42.8. The number of fused-ring (bicyclic) bond motifs is 16. The highest BCUT2D eigenvalue weighted by molar-refractivity contribution is 6.28. The molecule has 6 heterocycles. The average molecular weight is 1600 g/mol. The van der Waals surface area contributed by atoms with Crippen molar-refractivity contribution in [2.75, 3.05) is 19.8 Å². The van der Waals surface area contributed by atoms with Crippen LogP contribution in [0.2, 0.25) is 0 Å². The number of hydrogen-bond acceptors (Lipinski definition) is 15. The molecule has 0 aliphatic carbocycles. The van der Waals surface area contributed by atoms with E-state index in [2.05, 4.69) is 187 Å². The Balaban J connectivity index is 0.000000129. The number of furan rings is 3. The zero-order valence-corrected chi connectivity index (χ0v) is 69.2. The molecule has 13 aromatic carbocycles. The smallest absolute Gasteiger partial charge is 0.217 e. The first kappa shape index (κ1) is 79.8. The van der Waals surface area contributed by atoms with Crippen LogP contribution in [-0.2, 0) is 0 Å². The first-order chi connectivity index (χ1) is 59.4. The van der Waals surface area contributed by atoms with Gasteiger partial charge in [-0.3, -0.25) is 0 Å². The van der Waals surface area contributed by atoms with Crippen molar-refractivity contribution in [1.82, 2.24) is 29.9 Å². The number of unbranched alkanes of at least 4 members (excludes halogenated alkanes) is 3. The van der Waals surface area contributed by atoms with Crippen LogP contribution in [0.1, 0.15) is 119 Å². The quantitative estimate of drug-likeness (QED) is 0.0438. The van der Waals surface area contributed by atoms with Gasteiger partial charge >= 0.3 is 0 Å². The summed E-state index contributed by atoms with van der Waals surface area (Å²) in [5.74, 6) is 4.60. The highest BCUT2D eigenvalue weighted by Gasteiger charge is 2.24. The molecule has 19 rings (SSSR count). The van der Waals surface area contributed by atoms with Gasteiger partial charge in [0.1, 0.15) is 50.7 Å². The minimum absolute atomic E-state index is 0.129. The van der Waals surface area contributed by atoms with Crippen molar-refractivity contribution in [3.8, 4) is 103 Å². The van der Waals surface area contributed by atoms with Crippen LogP contribution in [0.25, 0.3) is 177 Å². The number of benzene rings is 13. The van der Waals surface area contributed by atoms with Gasteiger partial charge in [-0.25, -0.2) is 15.0 Å². The summed E-state index contributed by atoms with van der Waals surface area (Å²) in [6.45, 7) is 15.0. The van der Waals surface area contributed by atoms with Gasteiger partial charge in [-0.2, -0.15) is 15.0 Å². The molecule has 19 aromatic rings. The first-order valence-corrected chi connectivity index (χ1v) is 42.8. The van der Waals surface area contributed by atoms with Crippen LogP contribution in [-0.4, -0.2) is 65.0 Å². The normalized spacial score (nSPS) is 12.4. The van der Waals surface area contributed by atoms with E-state index in [0.29, 0.717) is 101 Å². The molecule has 15 heteroatoms. The second-order valence-corrected chi connectivity index (χ2v) is 31.6. The van der Waals surface area contributed by atoms with Crippen LogP contribution in [0.4, 0.5) is 0 Å². The number of phenols is 3. The average Bonchev–Trinajstić information content (AvgIpc) is 1.60. The molecule has 15 nitrogen and oxygen atoms in total. The topological polar surface area (TPSA) is 205 Å². The lowest BCUT2D eigenvalue weighted by atomic mass is 9.95. The minimum atomic E-state index is 0.129. The maximum absolute atomic E-state index is 10.7. The second-order valence-electron chi connectivity index (χ2n) is 31.6. The molecule has 0 saturated carbocycles. The van der Waals surface area contributed by atoms with Crippen molar-refractivity contribution < 1.29 is 42.8 Å². The predicted molar refractivity (Wildman–Crippen MR) is 492 cm³/mol. The third-order valence-corrected chi connectivity index (χ3v) is 23.5. The van der Waals surface area contributed by atoms with Gasteiger partial charge in [0.05, 0.1) is 53.6 Å². The molecular formula is C106H98N6O9. The Kier molecular flexibility index (Phi) is 23.9. The zero-order valence-electron chi connectivity index (χ0n) is 69.2. The van der Waals surface area contributed by atoms with E-state index in [1.165, 1.54) is 65.5 Å². The van der Waals surface area contributed by atoms with E-state index < -0.39 is 0 Å². The van der Waals surface area contributed by atoms with Gasteiger partial charge in [0.15, 0.2) is 17.5 Å². The lowest BCUT2D eigenvalue weighted by Gasteiger charge is -2.16. The maximum Gasteiger partial charge on any atom is 0.217 e. The lowest BCUT2D eigenvalue weighted by molar-refractivity contribution is 0.226. The van der Waals surface area contributed by atoms with Gasteiger partial charge in [-0.15, -0.1) is 0 Å². The van der Waals surface area contributed by atoms with Gasteiger partial charge in [0.25, 0.3) is 0 Å². The van der Waals surface area contributed by atoms with E-state index in [1.807, 2.05) is 84.9 Å². The van der Waals surface area contributed by atoms with Crippen molar-refractivity contribution >= 4 is 109 Å². The fourth-order valence-electron chi connectivity index (χ4n) is 16.5. The molecule has 0 radical (unpaired) electrons. The van der Waals surface area contributed by atoms with Gasteiger partial charge < -0.3 is 42.8 Å². The fourth-order valence-corrected chi connectivity index (χ4v) is 16.5. The number of ether oxygens (including phenoxy) is 3. The summed E-state index contributed by atoms with van der Waals surface area (Å²) in [7, 11) is 0.